The average Bonchev–Trinajstić information content (AvgIpc) is 3.18. The predicted octanol–water partition coefficient (Wildman–Crippen LogP) is 1.77. The van der Waals surface area contributed by atoms with E-state index in [2.05, 4.69) is 30.6 Å². The minimum atomic E-state index is -0.320. The molecule has 5 N–H and O–H groups in total. The van der Waals surface area contributed by atoms with Gasteiger partial charge in [-0.15, -0.1) is 0 Å². The topological polar surface area (TPSA) is 121 Å². The normalized spacial score (nSPS) is 23.0. The fourth-order valence-electron chi connectivity index (χ4n) is 4.78. The molecular formula is C21H27N7O2. The number of fused-ring (bicyclic) bond motifs is 3. The Kier molecular flexibility index (Phi) is 5.24. The molecule has 1 aromatic carbocycles. The zero-order valence-corrected chi connectivity index (χ0v) is 16.9. The Balaban J connectivity index is 1.37. The van der Waals surface area contributed by atoms with Crippen molar-refractivity contribution in [3.8, 4) is 0 Å². The lowest BCUT2D eigenvalue weighted by Gasteiger charge is -2.39. The van der Waals surface area contributed by atoms with Crippen LogP contribution in [0.2, 0.25) is 0 Å². The van der Waals surface area contributed by atoms with E-state index in [9.17, 15) is 4.79 Å². The molecule has 158 valence electrons. The van der Waals surface area contributed by atoms with Crippen molar-refractivity contribution in [1.82, 2.24) is 25.3 Å². The third-order valence-corrected chi connectivity index (χ3v) is 6.38. The van der Waals surface area contributed by atoms with E-state index >= 15 is 0 Å². The van der Waals surface area contributed by atoms with Gasteiger partial charge in [-0.2, -0.15) is 0 Å². The van der Waals surface area contributed by atoms with Crippen LogP contribution in [0.1, 0.15) is 36.0 Å². The van der Waals surface area contributed by atoms with Crippen molar-refractivity contribution in [3.05, 3.63) is 30.1 Å². The van der Waals surface area contributed by atoms with Crippen LogP contribution in [0.15, 0.2) is 24.5 Å². The average molecular weight is 409 g/mol. The van der Waals surface area contributed by atoms with Crippen molar-refractivity contribution in [1.29, 1.82) is 0 Å². The third-order valence-electron chi connectivity index (χ3n) is 6.38. The van der Waals surface area contributed by atoms with Gasteiger partial charge in [0, 0.05) is 41.6 Å². The molecule has 9 heteroatoms. The molecule has 5 rings (SSSR count). The summed E-state index contributed by atoms with van der Waals surface area (Å²) in [6.07, 6.45) is 6.15. The maximum Gasteiger partial charge on any atom is 0.265 e. The number of carbonyl (C=O) groups is 1. The molecule has 3 aromatic rings. The molecule has 1 saturated heterocycles. The van der Waals surface area contributed by atoms with Gasteiger partial charge in [0.25, 0.3) is 5.91 Å². The first-order valence-electron chi connectivity index (χ1n) is 10.6. The van der Waals surface area contributed by atoms with Crippen molar-refractivity contribution < 1.29 is 9.53 Å². The number of hydrazine groups is 1. The van der Waals surface area contributed by atoms with Crippen LogP contribution in [0.5, 0.6) is 0 Å². The van der Waals surface area contributed by atoms with Crippen molar-refractivity contribution in [3.63, 3.8) is 0 Å². The SMILES string of the molecule is NNC(=O)c1ccc2[nH]c3ncnc(N[C@H]4CC[C@H](N5CCOCC5)CC4)c3c2c1. The molecule has 1 aliphatic carbocycles. The van der Waals surface area contributed by atoms with Crippen LogP contribution in [0.3, 0.4) is 0 Å². The fraction of sp³-hybridized carbons (Fsp3) is 0.476. The largest absolute Gasteiger partial charge is 0.379 e. The number of benzene rings is 1. The number of rotatable bonds is 4. The van der Waals surface area contributed by atoms with Crippen molar-refractivity contribution >= 4 is 33.7 Å². The molecule has 2 aliphatic rings. The summed E-state index contributed by atoms with van der Waals surface area (Å²) in [6.45, 7) is 3.79. The van der Waals surface area contributed by atoms with Gasteiger partial charge in [-0.25, -0.2) is 15.8 Å². The molecule has 0 atom stereocenters. The molecule has 0 unspecified atom stereocenters. The van der Waals surface area contributed by atoms with E-state index in [1.165, 1.54) is 12.8 Å². The Bertz CT molecular complexity index is 1050. The number of nitrogens with one attached hydrogen (secondary N) is 3. The third kappa shape index (κ3) is 3.60. The number of morpholine rings is 1. The van der Waals surface area contributed by atoms with Gasteiger partial charge in [-0.1, -0.05) is 0 Å². The highest BCUT2D eigenvalue weighted by Gasteiger charge is 2.27. The van der Waals surface area contributed by atoms with E-state index < -0.39 is 0 Å². The number of aromatic nitrogens is 3. The molecular weight excluding hydrogens is 382 g/mol. The number of amides is 1. The highest BCUT2D eigenvalue weighted by molar-refractivity contribution is 6.13. The Labute approximate surface area is 174 Å². The first-order chi connectivity index (χ1) is 14.7. The molecule has 2 fully saturated rings. The molecule has 1 aliphatic heterocycles. The van der Waals surface area contributed by atoms with Crippen molar-refractivity contribution in [2.75, 3.05) is 31.6 Å². The molecule has 3 heterocycles. The number of H-pyrrole nitrogens is 1. The van der Waals surface area contributed by atoms with Crippen LogP contribution in [0.25, 0.3) is 21.9 Å². The lowest BCUT2D eigenvalue weighted by Crippen LogP contribution is -2.46. The number of anilines is 1. The quantitative estimate of drug-likeness (QED) is 0.294. The summed E-state index contributed by atoms with van der Waals surface area (Å²) in [5.41, 5.74) is 4.37. The molecule has 1 saturated carbocycles. The van der Waals surface area contributed by atoms with Gasteiger partial charge >= 0.3 is 0 Å². The van der Waals surface area contributed by atoms with E-state index in [0.717, 1.165) is 66.9 Å². The van der Waals surface area contributed by atoms with Gasteiger partial charge in [0.2, 0.25) is 0 Å². The minimum Gasteiger partial charge on any atom is -0.379 e. The van der Waals surface area contributed by atoms with Gasteiger partial charge in [0.05, 0.1) is 18.6 Å². The first kappa shape index (κ1) is 19.2. The van der Waals surface area contributed by atoms with Crippen LogP contribution < -0.4 is 16.6 Å². The van der Waals surface area contributed by atoms with E-state index in [4.69, 9.17) is 10.6 Å². The van der Waals surface area contributed by atoms with Crippen LogP contribution in [0.4, 0.5) is 5.82 Å². The number of hydrogen-bond acceptors (Lipinski definition) is 7. The number of nitrogens with two attached hydrogens (primary N) is 1. The van der Waals surface area contributed by atoms with Gasteiger partial charge in [-0.05, 0) is 43.9 Å². The lowest BCUT2D eigenvalue weighted by molar-refractivity contribution is 0.00791. The predicted molar refractivity (Wildman–Crippen MR) is 115 cm³/mol. The summed E-state index contributed by atoms with van der Waals surface area (Å²) < 4.78 is 5.49. The van der Waals surface area contributed by atoms with E-state index in [-0.39, 0.29) is 5.91 Å². The highest BCUT2D eigenvalue weighted by atomic mass is 16.5. The maximum absolute atomic E-state index is 12.0. The zero-order valence-electron chi connectivity index (χ0n) is 16.9. The summed E-state index contributed by atoms with van der Waals surface area (Å²) in [5.74, 6) is 5.79. The summed E-state index contributed by atoms with van der Waals surface area (Å²) in [5, 5.41) is 5.47. The smallest absolute Gasteiger partial charge is 0.265 e. The summed E-state index contributed by atoms with van der Waals surface area (Å²) >= 11 is 0. The minimum absolute atomic E-state index is 0.320. The van der Waals surface area contributed by atoms with Crippen LogP contribution >= 0.6 is 0 Å². The van der Waals surface area contributed by atoms with E-state index in [1.54, 1.807) is 12.4 Å². The van der Waals surface area contributed by atoms with Gasteiger partial charge < -0.3 is 15.0 Å². The summed E-state index contributed by atoms with van der Waals surface area (Å²) in [7, 11) is 0. The fourth-order valence-corrected chi connectivity index (χ4v) is 4.78. The first-order valence-corrected chi connectivity index (χ1v) is 10.6. The maximum atomic E-state index is 12.0. The molecule has 0 spiro atoms. The lowest BCUT2D eigenvalue weighted by atomic mass is 9.90. The Morgan fingerprint density at radius 2 is 1.97 bits per heavy atom. The van der Waals surface area contributed by atoms with Crippen molar-refractivity contribution in [2.45, 2.75) is 37.8 Å². The second-order valence-corrected chi connectivity index (χ2v) is 8.10. The zero-order chi connectivity index (χ0) is 20.5. The molecule has 1 amide bonds. The molecule has 30 heavy (non-hydrogen) atoms. The summed E-state index contributed by atoms with van der Waals surface area (Å²) in [6, 6.07) is 6.48. The Hall–Kier alpha value is -2.75. The number of nitrogen functional groups attached to an aromatic ring is 1. The highest BCUT2D eigenvalue weighted by Crippen LogP contribution is 2.32. The Morgan fingerprint density at radius 3 is 2.73 bits per heavy atom. The summed E-state index contributed by atoms with van der Waals surface area (Å²) in [4.78, 5) is 26.8. The van der Waals surface area contributed by atoms with E-state index in [1.807, 2.05) is 12.1 Å². The number of carbonyl (C=O) groups excluding carboxylic acids is 1. The molecule has 9 nitrogen and oxygen atoms in total. The molecule has 2 aromatic heterocycles. The Morgan fingerprint density at radius 1 is 1.17 bits per heavy atom. The van der Waals surface area contributed by atoms with E-state index in [0.29, 0.717) is 17.6 Å². The van der Waals surface area contributed by atoms with Crippen LogP contribution in [-0.2, 0) is 4.74 Å². The van der Waals surface area contributed by atoms with Gasteiger partial charge in [0.1, 0.15) is 17.8 Å². The van der Waals surface area contributed by atoms with Crippen LogP contribution in [0, 0.1) is 0 Å². The molecule has 0 bridgehead atoms. The molecule has 0 radical (unpaired) electrons. The van der Waals surface area contributed by atoms with Crippen LogP contribution in [-0.4, -0.2) is 64.1 Å². The van der Waals surface area contributed by atoms with Gasteiger partial charge in [-0.3, -0.25) is 15.1 Å². The number of nitrogens with zero attached hydrogens (tertiary/aromatic N) is 3. The second-order valence-electron chi connectivity index (χ2n) is 8.10. The second kappa shape index (κ2) is 8.17. The number of aromatic amines is 1. The van der Waals surface area contributed by atoms with Gasteiger partial charge in [0.15, 0.2) is 0 Å². The standard InChI is InChI=1S/C21H27N7O2/c22-27-21(29)13-1-6-17-16(11-13)18-19(23-12-24-20(18)26-17)25-14-2-4-15(5-3-14)28-7-9-30-10-8-28/h1,6,11-12,14-15H,2-5,7-10,22H2,(H,27,29)(H2,23,24,25,26)/t14-,15-. The monoisotopic (exact) mass is 409 g/mol. The number of ether oxygens (including phenoxy) is 1. The number of hydrogen-bond donors (Lipinski definition) is 4. The van der Waals surface area contributed by atoms with Crippen molar-refractivity contribution in [2.24, 2.45) is 5.84 Å².